The van der Waals surface area contributed by atoms with Crippen LogP contribution in [0.25, 0.3) is 11.1 Å². The van der Waals surface area contributed by atoms with Crippen molar-refractivity contribution in [2.75, 3.05) is 0 Å². The number of hydrogen-bond donors (Lipinski definition) is 1. The number of rotatable bonds is 6. The first-order valence-corrected chi connectivity index (χ1v) is 11.5. The van der Waals surface area contributed by atoms with Gasteiger partial charge in [0.2, 0.25) is 5.91 Å². The van der Waals surface area contributed by atoms with Gasteiger partial charge in [0.15, 0.2) is 0 Å². The molecule has 0 aromatic heterocycles. The second-order valence-corrected chi connectivity index (χ2v) is 8.73. The number of carbonyl (C=O) groups excluding carboxylic acids is 2. The third-order valence-corrected chi connectivity index (χ3v) is 6.35. The lowest BCUT2D eigenvalue weighted by Crippen LogP contribution is -2.38. The van der Waals surface area contributed by atoms with E-state index in [0.29, 0.717) is 29.2 Å². The van der Waals surface area contributed by atoms with Crippen LogP contribution in [0.1, 0.15) is 33.1 Å². The predicted molar refractivity (Wildman–Crippen MR) is 134 cm³/mol. The first-order valence-electron chi connectivity index (χ1n) is 11.2. The van der Waals surface area contributed by atoms with Gasteiger partial charge in [0.05, 0.1) is 0 Å². The Bertz CT molecular complexity index is 1340. The summed E-state index contributed by atoms with van der Waals surface area (Å²) in [5.41, 5.74) is 5.22. The van der Waals surface area contributed by atoms with Gasteiger partial charge in [0.1, 0.15) is 6.04 Å². The SMILES string of the molecule is O=C(NCc1ccccc1)C1c2cc(Cl)ccc2C(=O)N1Cc1ccccc1-c1ccccc1. The van der Waals surface area contributed by atoms with Gasteiger partial charge in [-0.05, 0) is 46.0 Å². The van der Waals surface area contributed by atoms with E-state index in [1.165, 1.54) is 0 Å². The maximum Gasteiger partial charge on any atom is 0.255 e. The molecule has 1 atom stereocenters. The molecule has 1 heterocycles. The number of halogens is 1. The number of amides is 2. The average Bonchev–Trinajstić information content (AvgIpc) is 3.14. The van der Waals surface area contributed by atoms with Crippen LogP contribution in [-0.4, -0.2) is 16.7 Å². The van der Waals surface area contributed by atoms with Crippen LogP contribution >= 0.6 is 11.6 Å². The molecule has 0 spiro atoms. The van der Waals surface area contributed by atoms with Crippen LogP contribution in [0.15, 0.2) is 103 Å². The van der Waals surface area contributed by atoms with E-state index in [2.05, 4.69) is 5.32 Å². The molecular weight excluding hydrogens is 444 g/mol. The Morgan fingerprint density at radius 2 is 1.50 bits per heavy atom. The Kier molecular flexibility index (Phi) is 6.15. The summed E-state index contributed by atoms with van der Waals surface area (Å²) >= 11 is 6.27. The summed E-state index contributed by atoms with van der Waals surface area (Å²) in [5, 5.41) is 3.51. The van der Waals surface area contributed by atoms with Crippen LogP contribution < -0.4 is 5.32 Å². The second kappa shape index (κ2) is 9.54. The lowest BCUT2D eigenvalue weighted by molar-refractivity contribution is -0.125. The van der Waals surface area contributed by atoms with Crippen molar-refractivity contribution in [2.24, 2.45) is 0 Å². The topological polar surface area (TPSA) is 49.4 Å². The highest BCUT2D eigenvalue weighted by Gasteiger charge is 2.41. The lowest BCUT2D eigenvalue weighted by atomic mass is 9.99. The van der Waals surface area contributed by atoms with Crippen molar-refractivity contribution in [3.05, 3.63) is 130 Å². The highest BCUT2D eigenvalue weighted by atomic mass is 35.5. The van der Waals surface area contributed by atoms with Gasteiger partial charge in [0, 0.05) is 23.7 Å². The highest BCUT2D eigenvalue weighted by molar-refractivity contribution is 6.31. The molecule has 5 heteroatoms. The fourth-order valence-electron chi connectivity index (χ4n) is 4.46. The van der Waals surface area contributed by atoms with E-state index in [4.69, 9.17) is 11.6 Å². The normalized spacial score (nSPS) is 14.7. The minimum atomic E-state index is -0.756. The molecule has 0 radical (unpaired) electrons. The van der Waals surface area contributed by atoms with Crippen LogP contribution in [0.5, 0.6) is 0 Å². The quantitative estimate of drug-likeness (QED) is 0.377. The first kappa shape index (κ1) is 21.9. The maximum absolute atomic E-state index is 13.5. The summed E-state index contributed by atoms with van der Waals surface area (Å²) in [5.74, 6) is -0.398. The van der Waals surface area contributed by atoms with Gasteiger partial charge in [-0.3, -0.25) is 9.59 Å². The van der Waals surface area contributed by atoms with E-state index >= 15 is 0 Å². The summed E-state index contributed by atoms with van der Waals surface area (Å²) in [6.07, 6.45) is 0. The minimum Gasteiger partial charge on any atom is -0.350 e. The summed E-state index contributed by atoms with van der Waals surface area (Å²) in [4.78, 5) is 28.5. The monoisotopic (exact) mass is 466 g/mol. The molecule has 1 N–H and O–H groups in total. The van der Waals surface area contributed by atoms with E-state index in [1.807, 2.05) is 84.9 Å². The summed E-state index contributed by atoms with van der Waals surface area (Å²) < 4.78 is 0. The standard InChI is InChI=1S/C29H23ClN2O2/c30-23-15-16-25-26(17-23)27(28(33)31-18-20-9-3-1-4-10-20)32(29(25)34)19-22-13-7-8-14-24(22)21-11-5-2-6-12-21/h1-17,27H,18-19H2,(H,31,33). The van der Waals surface area contributed by atoms with Gasteiger partial charge >= 0.3 is 0 Å². The van der Waals surface area contributed by atoms with Crippen LogP contribution in [0, 0.1) is 0 Å². The van der Waals surface area contributed by atoms with E-state index < -0.39 is 6.04 Å². The van der Waals surface area contributed by atoms with E-state index in [9.17, 15) is 9.59 Å². The van der Waals surface area contributed by atoms with Crippen LogP contribution in [0.4, 0.5) is 0 Å². The molecule has 4 aromatic carbocycles. The van der Waals surface area contributed by atoms with E-state index in [0.717, 1.165) is 22.3 Å². The summed E-state index contributed by atoms with van der Waals surface area (Å²) in [6.45, 7) is 0.689. The van der Waals surface area contributed by atoms with Crippen molar-refractivity contribution in [3.8, 4) is 11.1 Å². The second-order valence-electron chi connectivity index (χ2n) is 8.29. The van der Waals surface area contributed by atoms with Crippen molar-refractivity contribution in [2.45, 2.75) is 19.1 Å². The summed E-state index contributed by atoms with van der Waals surface area (Å²) in [7, 11) is 0. The Morgan fingerprint density at radius 1 is 0.824 bits per heavy atom. The number of fused-ring (bicyclic) bond motifs is 1. The van der Waals surface area contributed by atoms with Crippen LogP contribution in [0.3, 0.4) is 0 Å². The zero-order chi connectivity index (χ0) is 23.5. The molecule has 0 saturated carbocycles. The molecule has 1 aliphatic rings. The number of hydrogen-bond acceptors (Lipinski definition) is 2. The van der Waals surface area contributed by atoms with Gasteiger partial charge < -0.3 is 10.2 Å². The number of benzene rings is 4. The van der Waals surface area contributed by atoms with E-state index in [-0.39, 0.29) is 11.8 Å². The molecule has 2 amide bonds. The molecule has 1 aliphatic heterocycles. The van der Waals surface area contributed by atoms with Crippen molar-refractivity contribution < 1.29 is 9.59 Å². The minimum absolute atomic E-state index is 0.172. The fraction of sp³-hybridized carbons (Fsp3) is 0.103. The third kappa shape index (κ3) is 4.33. The highest BCUT2D eigenvalue weighted by Crippen LogP contribution is 2.38. The van der Waals surface area contributed by atoms with Crippen molar-refractivity contribution in [1.82, 2.24) is 10.2 Å². The fourth-order valence-corrected chi connectivity index (χ4v) is 4.64. The number of nitrogens with one attached hydrogen (secondary N) is 1. The molecule has 34 heavy (non-hydrogen) atoms. The van der Waals surface area contributed by atoms with Crippen molar-refractivity contribution >= 4 is 23.4 Å². The Balaban J connectivity index is 1.48. The van der Waals surface area contributed by atoms with Gasteiger partial charge in [-0.2, -0.15) is 0 Å². The molecule has 0 bridgehead atoms. The van der Waals surface area contributed by atoms with Crippen LogP contribution in [0.2, 0.25) is 5.02 Å². The molecule has 1 unspecified atom stereocenters. The molecule has 0 saturated heterocycles. The van der Waals surface area contributed by atoms with Crippen molar-refractivity contribution in [1.29, 1.82) is 0 Å². The average molecular weight is 467 g/mol. The number of nitrogens with zero attached hydrogens (tertiary/aromatic N) is 1. The molecular formula is C29H23ClN2O2. The van der Waals surface area contributed by atoms with Gasteiger partial charge in [-0.25, -0.2) is 0 Å². The smallest absolute Gasteiger partial charge is 0.255 e. The first-order chi connectivity index (χ1) is 16.6. The summed E-state index contributed by atoms with van der Waals surface area (Å²) in [6, 6.07) is 32.1. The molecule has 0 aliphatic carbocycles. The largest absolute Gasteiger partial charge is 0.350 e. The molecule has 5 rings (SSSR count). The molecule has 0 fully saturated rings. The number of carbonyl (C=O) groups is 2. The Hall–Kier alpha value is -3.89. The van der Waals surface area contributed by atoms with Gasteiger partial charge in [-0.1, -0.05) is 96.5 Å². The Morgan fingerprint density at radius 3 is 2.26 bits per heavy atom. The van der Waals surface area contributed by atoms with Gasteiger partial charge in [0.25, 0.3) is 5.91 Å². The molecule has 4 nitrogen and oxygen atoms in total. The molecule has 168 valence electrons. The maximum atomic E-state index is 13.5. The lowest BCUT2D eigenvalue weighted by Gasteiger charge is -2.26. The zero-order valence-corrected chi connectivity index (χ0v) is 19.2. The zero-order valence-electron chi connectivity index (χ0n) is 18.4. The Labute approximate surface area is 203 Å². The van der Waals surface area contributed by atoms with E-state index in [1.54, 1.807) is 23.1 Å². The third-order valence-electron chi connectivity index (χ3n) is 6.11. The van der Waals surface area contributed by atoms with Crippen LogP contribution in [-0.2, 0) is 17.9 Å². The predicted octanol–water partition coefficient (Wildman–Crippen LogP) is 6.02. The molecule has 4 aromatic rings. The van der Waals surface area contributed by atoms with Gasteiger partial charge in [-0.15, -0.1) is 0 Å². The van der Waals surface area contributed by atoms with Crippen molar-refractivity contribution in [3.63, 3.8) is 0 Å².